The monoisotopic (exact) mass is 300 g/mol. The van der Waals surface area contributed by atoms with Crippen molar-refractivity contribution in [1.82, 2.24) is 4.72 Å². The van der Waals surface area contributed by atoms with Crippen molar-refractivity contribution in [2.45, 2.75) is 17.9 Å². The number of amides is 1. The molecule has 2 aromatic rings. The van der Waals surface area contributed by atoms with Gasteiger partial charge in [-0.1, -0.05) is 12.1 Å². The van der Waals surface area contributed by atoms with Gasteiger partial charge < -0.3 is 10.1 Å². The number of carbonyl (C=O) groups is 1. The number of hydrogen-bond acceptors (Lipinski definition) is 4. The quantitative estimate of drug-likeness (QED) is 0.834. The number of methoxy groups -OCH3 is 1. The molecular weight excluding hydrogens is 284 g/mol. The summed E-state index contributed by atoms with van der Waals surface area (Å²) in [6.45, 7) is 0.767. The zero-order chi connectivity index (χ0) is 14.7. The molecule has 0 aliphatic carbocycles. The van der Waals surface area contributed by atoms with E-state index in [1.807, 2.05) is 36.4 Å². The largest absolute Gasteiger partial charge is 0.497 e. The maximum atomic E-state index is 11.3. The van der Waals surface area contributed by atoms with Crippen LogP contribution < -0.4 is 14.8 Å². The second-order valence-corrected chi connectivity index (χ2v) is 5.78. The van der Waals surface area contributed by atoms with Crippen molar-refractivity contribution in [3.63, 3.8) is 0 Å². The van der Waals surface area contributed by atoms with Crippen LogP contribution in [0.4, 0.5) is 5.69 Å². The molecule has 0 atom stereocenters. The molecule has 5 heteroatoms. The fourth-order valence-corrected chi connectivity index (χ4v) is 2.96. The lowest BCUT2D eigenvalue weighted by Crippen LogP contribution is -2.03. The Kier molecular flexibility index (Phi) is 4.13. The molecule has 0 saturated carbocycles. The van der Waals surface area contributed by atoms with Gasteiger partial charge >= 0.3 is 0 Å². The minimum atomic E-state index is 0.0679. The van der Waals surface area contributed by atoms with E-state index in [1.165, 1.54) is 5.56 Å². The van der Waals surface area contributed by atoms with Gasteiger partial charge in [0.25, 0.3) is 0 Å². The summed E-state index contributed by atoms with van der Waals surface area (Å²) in [6.07, 6.45) is 0.474. The Morgan fingerprint density at radius 1 is 1.24 bits per heavy atom. The van der Waals surface area contributed by atoms with Gasteiger partial charge in [-0.3, -0.25) is 9.52 Å². The van der Waals surface area contributed by atoms with Gasteiger partial charge in [0.05, 0.1) is 13.5 Å². The summed E-state index contributed by atoms with van der Waals surface area (Å²) in [4.78, 5) is 12.4. The van der Waals surface area contributed by atoms with Crippen LogP contribution >= 0.6 is 11.9 Å². The summed E-state index contributed by atoms with van der Waals surface area (Å²) >= 11 is 1.57. The third-order valence-corrected chi connectivity index (χ3v) is 4.11. The van der Waals surface area contributed by atoms with E-state index in [0.29, 0.717) is 6.42 Å². The second-order valence-electron chi connectivity index (χ2n) is 4.82. The predicted molar refractivity (Wildman–Crippen MR) is 84.5 cm³/mol. The molecule has 4 nitrogen and oxygen atoms in total. The van der Waals surface area contributed by atoms with E-state index in [-0.39, 0.29) is 5.91 Å². The number of hydrogen-bond donors (Lipinski definition) is 2. The van der Waals surface area contributed by atoms with Gasteiger partial charge in [-0.05, 0) is 53.4 Å². The normalized spacial score (nSPS) is 12.9. The molecule has 0 fully saturated rings. The van der Waals surface area contributed by atoms with Crippen molar-refractivity contribution in [1.29, 1.82) is 0 Å². The lowest BCUT2D eigenvalue weighted by molar-refractivity contribution is -0.115. The molecule has 3 rings (SSSR count). The van der Waals surface area contributed by atoms with Crippen molar-refractivity contribution >= 4 is 23.5 Å². The molecule has 2 N–H and O–H groups in total. The molecule has 108 valence electrons. The molecule has 1 amide bonds. The molecule has 1 heterocycles. The number of ether oxygens (including phenoxy) is 1. The summed E-state index contributed by atoms with van der Waals surface area (Å²) in [6, 6.07) is 14.0. The average molecular weight is 300 g/mol. The van der Waals surface area contributed by atoms with Gasteiger partial charge in [-0.25, -0.2) is 0 Å². The summed E-state index contributed by atoms with van der Waals surface area (Å²) in [5, 5.41) is 2.84. The van der Waals surface area contributed by atoms with Crippen molar-refractivity contribution in [3.8, 4) is 5.75 Å². The number of fused-ring (bicyclic) bond motifs is 1. The van der Waals surface area contributed by atoms with Gasteiger partial charge in [0.1, 0.15) is 5.75 Å². The highest BCUT2D eigenvalue weighted by atomic mass is 32.2. The number of nitrogens with one attached hydrogen (secondary N) is 2. The lowest BCUT2D eigenvalue weighted by Gasteiger charge is -2.07. The van der Waals surface area contributed by atoms with Crippen LogP contribution in [0.5, 0.6) is 5.75 Å². The van der Waals surface area contributed by atoms with Crippen LogP contribution in [-0.4, -0.2) is 13.0 Å². The van der Waals surface area contributed by atoms with E-state index in [2.05, 4.69) is 16.1 Å². The van der Waals surface area contributed by atoms with Crippen LogP contribution in [0, 0.1) is 0 Å². The first-order valence-corrected chi connectivity index (χ1v) is 7.51. The predicted octanol–water partition coefficient (Wildman–Crippen LogP) is 2.99. The minimum Gasteiger partial charge on any atom is -0.497 e. The molecule has 2 aromatic carbocycles. The summed E-state index contributed by atoms with van der Waals surface area (Å²) < 4.78 is 8.46. The first kappa shape index (κ1) is 14.0. The standard InChI is InChI=1S/C16H16N2O2S/c1-20-13-4-2-11(3-5-13)10-17-21-14-6-7-15-12(8-14)9-16(19)18-15/h2-8,17H,9-10H2,1H3,(H,18,19). The number of carbonyl (C=O) groups excluding carboxylic acids is 1. The minimum absolute atomic E-state index is 0.0679. The smallest absolute Gasteiger partial charge is 0.228 e. The molecule has 1 aliphatic heterocycles. The first-order chi connectivity index (χ1) is 10.2. The molecule has 0 spiro atoms. The van der Waals surface area contributed by atoms with Gasteiger partial charge in [-0.15, -0.1) is 0 Å². The van der Waals surface area contributed by atoms with Crippen LogP contribution in [0.3, 0.4) is 0 Å². The van der Waals surface area contributed by atoms with Crippen molar-refractivity contribution in [2.75, 3.05) is 12.4 Å². The first-order valence-electron chi connectivity index (χ1n) is 6.70. The topological polar surface area (TPSA) is 50.4 Å². The molecule has 0 saturated heterocycles. The van der Waals surface area contributed by atoms with E-state index in [1.54, 1.807) is 19.1 Å². The Bertz CT molecular complexity index is 656. The van der Waals surface area contributed by atoms with Crippen molar-refractivity contribution < 1.29 is 9.53 Å². The Balaban J connectivity index is 1.55. The highest BCUT2D eigenvalue weighted by Gasteiger charge is 2.17. The Morgan fingerprint density at radius 3 is 2.81 bits per heavy atom. The molecule has 0 unspecified atom stereocenters. The fourth-order valence-electron chi connectivity index (χ4n) is 2.22. The number of benzene rings is 2. The third-order valence-electron chi connectivity index (χ3n) is 3.33. The lowest BCUT2D eigenvalue weighted by atomic mass is 10.2. The van der Waals surface area contributed by atoms with Gasteiger partial charge in [0.2, 0.25) is 5.91 Å². The zero-order valence-corrected chi connectivity index (χ0v) is 12.5. The molecule has 21 heavy (non-hydrogen) atoms. The molecule has 0 radical (unpaired) electrons. The van der Waals surface area contributed by atoms with E-state index < -0.39 is 0 Å². The van der Waals surface area contributed by atoms with Crippen LogP contribution in [0.2, 0.25) is 0 Å². The maximum absolute atomic E-state index is 11.3. The molecule has 0 bridgehead atoms. The molecule has 0 aromatic heterocycles. The van der Waals surface area contributed by atoms with Gasteiger partial charge in [0.15, 0.2) is 0 Å². The Labute approximate surface area is 128 Å². The number of anilines is 1. The van der Waals surface area contributed by atoms with Crippen LogP contribution in [0.15, 0.2) is 47.4 Å². The Morgan fingerprint density at radius 2 is 2.05 bits per heavy atom. The highest BCUT2D eigenvalue weighted by Crippen LogP contribution is 2.27. The van der Waals surface area contributed by atoms with Crippen molar-refractivity contribution in [3.05, 3.63) is 53.6 Å². The SMILES string of the molecule is COc1ccc(CNSc2ccc3c(c2)CC(=O)N3)cc1. The summed E-state index contributed by atoms with van der Waals surface area (Å²) in [7, 11) is 1.66. The second kappa shape index (κ2) is 6.20. The summed E-state index contributed by atoms with van der Waals surface area (Å²) in [5.74, 6) is 0.931. The number of rotatable bonds is 5. The van der Waals surface area contributed by atoms with Crippen molar-refractivity contribution in [2.24, 2.45) is 0 Å². The van der Waals surface area contributed by atoms with Crippen LogP contribution in [0.25, 0.3) is 0 Å². The maximum Gasteiger partial charge on any atom is 0.228 e. The zero-order valence-electron chi connectivity index (χ0n) is 11.7. The van der Waals surface area contributed by atoms with E-state index in [0.717, 1.165) is 28.4 Å². The average Bonchev–Trinajstić information content (AvgIpc) is 2.87. The highest BCUT2D eigenvalue weighted by molar-refractivity contribution is 7.97. The summed E-state index contributed by atoms with van der Waals surface area (Å²) in [5.41, 5.74) is 3.19. The molecule has 1 aliphatic rings. The van der Waals surface area contributed by atoms with Crippen LogP contribution in [-0.2, 0) is 17.8 Å². The van der Waals surface area contributed by atoms with Gasteiger partial charge in [-0.2, -0.15) is 0 Å². The van der Waals surface area contributed by atoms with Crippen LogP contribution in [0.1, 0.15) is 11.1 Å². The third kappa shape index (κ3) is 3.37. The van der Waals surface area contributed by atoms with E-state index >= 15 is 0 Å². The van der Waals surface area contributed by atoms with E-state index in [4.69, 9.17) is 4.74 Å². The van der Waals surface area contributed by atoms with E-state index in [9.17, 15) is 4.79 Å². The van der Waals surface area contributed by atoms with Gasteiger partial charge in [0, 0.05) is 17.1 Å². The molecular formula is C16H16N2O2S. The fraction of sp³-hybridized carbons (Fsp3) is 0.188. The Hall–Kier alpha value is -1.98.